The Labute approximate surface area is 161 Å². The summed E-state index contributed by atoms with van der Waals surface area (Å²) in [5, 5.41) is 26.2. The van der Waals surface area contributed by atoms with Crippen molar-refractivity contribution in [1.82, 2.24) is 24.5 Å². The Bertz CT molecular complexity index is 1240. The second kappa shape index (κ2) is 7.07. The number of nitrogens with one attached hydrogen (secondary N) is 2. The highest BCUT2D eigenvalue weighted by Gasteiger charge is 2.09. The van der Waals surface area contributed by atoms with Gasteiger partial charge >= 0.3 is 0 Å². The van der Waals surface area contributed by atoms with Gasteiger partial charge in [-0.2, -0.15) is 10.2 Å². The van der Waals surface area contributed by atoms with Gasteiger partial charge in [0, 0.05) is 30.6 Å². The zero-order chi connectivity index (χ0) is 19.7. The minimum absolute atomic E-state index is 0.154. The van der Waals surface area contributed by atoms with Crippen molar-refractivity contribution in [3.05, 3.63) is 66.0 Å². The lowest BCUT2D eigenvalue weighted by Crippen LogP contribution is -2.30. The number of hydrogen-bond donors (Lipinski definition) is 2. The van der Waals surface area contributed by atoms with Gasteiger partial charge in [-0.15, -0.1) is 0 Å². The van der Waals surface area contributed by atoms with E-state index < -0.39 is 0 Å². The first kappa shape index (κ1) is 17.6. The number of hydrogen-bond acceptors (Lipinski definition) is 6. The maximum atomic E-state index is 8.48. The number of nitrogens with zero attached hydrogens (tertiary/aromatic N) is 5. The van der Waals surface area contributed by atoms with Crippen LogP contribution in [0.3, 0.4) is 0 Å². The molecule has 0 atom stereocenters. The van der Waals surface area contributed by atoms with Crippen LogP contribution in [0.25, 0.3) is 22.2 Å². The summed E-state index contributed by atoms with van der Waals surface area (Å²) in [6.45, 7) is 0. The number of aromatic nitrogens is 5. The Kier molecular flexibility index (Phi) is 4.44. The smallest absolute Gasteiger partial charge is 0.148 e. The summed E-state index contributed by atoms with van der Waals surface area (Å²) in [4.78, 5) is 4.36. The molecule has 4 aromatic rings. The third-order valence-corrected chi connectivity index (χ3v) is 4.42. The van der Waals surface area contributed by atoms with E-state index in [1.807, 2.05) is 37.5 Å². The number of fused-ring (bicyclic) bond motifs is 1. The molecule has 0 radical (unpaired) electrons. The fourth-order valence-electron chi connectivity index (χ4n) is 2.99. The third-order valence-electron chi connectivity index (χ3n) is 4.42. The summed E-state index contributed by atoms with van der Waals surface area (Å²) in [7, 11) is 3.44. The second-order valence-corrected chi connectivity index (χ2v) is 6.44. The van der Waals surface area contributed by atoms with Crippen LogP contribution in [0.5, 0.6) is 5.75 Å². The molecule has 8 heteroatoms. The number of pyridine rings is 1. The number of benzene rings is 1. The average molecular weight is 373 g/mol. The monoisotopic (exact) mass is 373 g/mol. The van der Waals surface area contributed by atoms with Gasteiger partial charge in [-0.25, -0.2) is 4.68 Å². The van der Waals surface area contributed by atoms with Crippen LogP contribution in [-0.4, -0.2) is 37.5 Å². The lowest BCUT2D eigenvalue weighted by molar-refractivity contribution is 0.414. The van der Waals surface area contributed by atoms with Crippen LogP contribution in [0, 0.1) is 10.8 Å². The molecular weight excluding hydrogens is 354 g/mol. The fourth-order valence-corrected chi connectivity index (χ4v) is 2.99. The van der Waals surface area contributed by atoms with Crippen molar-refractivity contribution >= 4 is 16.7 Å². The van der Waals surface area contributed by atoms with Gasteiger partial charge in [0.2, 0.25) is 0 Å². The summed E-state index contributed by atoms with van der Waals surface area (Å²) in [5.41, 5.74) is 3.46. The molecule has 0 unspecified atom stereocenters. The number of ether oxygens (including phenoxy) is 1. The molecule has 0 saturated heterocycles. The van der Waals surface area contributed by atoms with E-state index in [4.69, 9.17) is 15.6 Å². The van der Waals surface area contributed by atoms with Gasteiger partial charge in [0.15, 0.2) is 0 Å². The Morgan fingerprint density at radius 2 is 2.00 bits per heavy atom. The van der Waals surface area contributed by atoms with E-state index in [2.05, 4.69) is 15.2 Å². The first-order valence-corrected chi connectivity index (χ1v) is 8.68. The van der Waals surface area contributed by atoms with Gasteiger partial charge in [-0.05, 0) is 35.9 Å². The molecule has 0 fully saturated rings. The molecule has 2 N–H and O–H groups in total. The molecule has 0 amide bonds. The van der Waals surface area contributed by atoms with Crippen molar-refractivity contribution in [2.45, 2.75) is 6.42 Å². The number of aryl methyl sites for hydroxylation is 1. The molecule has 0 saturated carbocycles. The SMILES string of the molecule is COc1cnc2ccc(CC(=N)n3nc(-c4cnn(C)c4)ccc3=N)cc2c1. The largest absolute Gasteiger partial charge is 0.495 e. The molecule has 0 bridgehead atoms. The maximum absolute atomic E-state index is 8.48. The Balaban J connectivity index is 1.64. The van der Waals surface area contributed by atoms with Crippen molar-refractivity contribution in [3.8, 4) is 17.0 Å². The van der Waals surface area contributed by atoms with Crippen molar-refractivity contribution in [3.63, 3.8) is 0 Å². The lowest BCUT2D eigenvalue weighted by atomic mass is 10.1. The molecule has 4 rings (SSSR count). The van der Waals surface area contributed by atoms with E-state index in [0.717, 1.165) is 22.0 Å². The van der Waals surface area contributed by atoms with Crippen LogP contribution in [-0.2, 0) is 13.5 Å². The summed E-state index contributed by atoms with van der Waals surface area (Å²) in [6.07, 6.45) is 5.58. The normalized spacial score (nSPS) is 10.9. The molecule has 0 aliphatic carbocycles. The number of methoxy groups -OCH3 is 1. The molecular formula is C20H19N7O. The predicted octanol–water partition coefficient (Wildman–Crippen LogP) is 2.39. The Morgan fingerprint density at radius 3 is 2.75 bits per heavy atom. The predicted molar refractivity (Wildman–Crippen MR) is 105 cm³/mol. The summed E-state index contributed by atoms with van der Waals surface area (Å²) in [6, 6.07) is 11.2. The van der Waals surface area contributed by atoms with Crippen molar-refractivity contribution in [2.24, 2.45) is 7.05 Å². The van der Waals surface area contributed by atoms with Crippen LogP contribution < -0.4 is 10.2 Å². The highest BCUT2D eigenvalue weighted by molar-refractivity contribution is 5.86. The van der Waals surface area contributed by atoms with E-state index >= 15 is 0 Å². The summed E-state index contributed by atoms with van der Waals surface area (Å²) in [5.74, 6) is 0.902. The minimum Gasteiger partial charge on any atom is -0.495 e. The van der Waals surface area contributed by atoms with Gasteiger partial charge in [0.1, 0.15) is 17.1 Å². The molecule has 0 aliphatic heterocycles. The third kappa shape index (κ3) is 3.39. The Hall–Kier alpha value is -3.81. The molecule has 0 spiro atoms. The van der Waals surface area contributed by atoms with E-state index in [-0.39, 0.29) is 11.3 Å². The fraction of sp³-hybridized carbons (Fsp3) is 0.150. The van der Waals surface area contributed by atoms with Gasteiger partial charge in [-0.3, -0.25) is 20.5 Å². The zero-order valence-electron chi connectivity index (χ0n) is 15.5. The van der Waals surface area contributed by atoms with E-state index in [9.17, 15) is 0 Å². The quantitative estimate of drug-likeness (QED) is 0.423. The molecule has 3 heterocycles. The van der Waals surface area contributed by atoms with Gasteiger partial charge in [0.05, 0.1) is 30.7 Å². The van der Waals surface area contributed by atoms with Crippen LogP contribution in [0.1, 0.15) is 5.56 Å². The van der Waals surface area contributed by atoms with E-state index in [0.29, 0.717) is 17.9 Å². The van der Waals surface area contributed by atoms with Crippen molar-refractivity contribution < 1.29 is 4.74 Å². The molecule has 8 nitrogen and oxygen atoms in total. The van der Waals surface area contributed by atoms with Crippen molar-refractivity contribution in [1.29, 1.82) is 10.8 Å². The first-order valence-electron chi connectivity index (χ1n) is 8.68. The topological polar surface area (TPSA) is 105 Å². The van der Waals surface area contributed by atoms with E-state index in [1.54, 1.807) is 36.3 Å². The molecule has 1 aromatic carbocycles. The van der Waals surface area contributed by atoms with Crippen LogP contribution in [0.4, 0.5) is 0 Å². The van der Waals surface area contributed by atoms with Gasteiger partial charge in [-0.1, -0.05) is 6.07 Å². The summed E-state index contributed by atoms with van der Waals surface area (Å²) < 4.78 is 8.27. The highest BCUT2D eigenvalue weighted by Crippen LogP contribution is 2.20. The van der Waals surface area contributed by atoms with E-state index in [1.165, 1.54) is 4.68 Å². The van der Waals surface area contributed by atoms with Crippen LogP contribution in [0.15, 0.2) is 55.0 Å². The minimum atomic E-state index is 0.154. The molecule has 0 aliphatic rings. The molecule has 140 valence electrons. The zero-order valence-corrected chi connectivity index (χ0v) is 15.5. The van der Waals surface area contributed by atoms with Crippen molar-refractivity contribution in [2.75, 3.05) is 7.11 Å². The summed E-state index contributed by atoms with van der Waals surface area (Å²) >= 11 is 0. The second-order valence-electron chi connectivity index (χ2n) is 6.44. The van der Waals surface area contributed by atoms with Gasteiger partial charge in [0.25, 0.3) is 0 Å². The van der Waals surface area contributed by atoms with Gasteiger partial charge < -0.3 is 4.74 Å². The molecule has 28 heavy (non-hydrogen) atoms. The average Bonchev–Trinajstić information content (AvgIpc) is 3.14. The standard InChI is InChI=1S/C20H19N7O/c1-26-12-15(10-24-26)18-5-6-19(21)27(25-18)20(22)8-13-3-4-17-14(7-13)9-16(28-2)11-23-17/h3-7,9-12,21-22H,8H2,1-2H3. The van der Waals surface area contributed by atoms with Crippen LogP contribution in [0.2, 0.25) is 0 Å². The maximum Gasteiger partial charge on any atom is 0.148 e. The van der Waals surface area contributed by atoms with Crippen LogP contribution >= 0.6 is 0 Å². The lowest BCUT2D eigenvalue weighted by Gasteiger charge is -2.10. The number of rotatable bonds is 4. The highest BCUT2D eigenvalue weighted by atomic mass is 16.5. The molecule has 3 aromatic heterocycles. The Morgan fingerprint density at radius 1 is 1.14 bits per heavy atom. The first-order chi connectivity index (χ1) is 13.5.